The highest BCUT2D eigenvalue weighted by atomic mass is 32.1. The first-order valence-electron chi connectivity index (χ1n) is 6.32. The Morgan fingerprint density at radius 3 is 3.06 bits per heavy atom. The molecule has 1 aliphatic rings. The van der Waals surface area contributed by atoms with E-state index in [2.05, 4.69) is 35.6 Å². The van der Waals surface area contributed by atoms with E-state index in [4.69, 9.17) is 10.5 Å². The lowest BCUT2D eigenvalue weighted by Gasteiger charge is -2.33. The number of ether oxygens (including phenoxy) is 1. The topological polar surface area (TPSA) is 38.5 Å². The molecule has 2 heterocycles. The zero-order chi connectivity index (χ0) is 12.3. The Hall–Kier alpha value is -0.420. The van der Waals surface area contributed by atoms with Crippen molar-refractivity contribution >= 4 is 11.3 Å². The molecule has 2 N–H and O–H groups in total. The second kappa shape index (κ2) is 5.96. The SMILES string of the molecule is CC1CN(C(c2ccsc2)C(C)N)CCCO1. The van der Waals surface area contributed by atoms with Crippen LogP contribution in [0.25, 0.3) is 0 Å². The molecule has 0 saturated carbocycles. The van der Waals surface area contributed by atoms with Crippen molar-refractivity contribution in [3.8, 4) is 0 Å². The van der Waals surface area contributed by atoms with Gasteiger partial charge in [-0.15, -0.1) is 0 Å². The van der Waals surface area contributed by atoms with Crippen LogP contribution >= 0.6 is 11.3 Å². The van der Waals surface area contributed by atoms with Gasteiger partial charge in [-0.3, -0.25) is 4.90 Å². The van der Waals surface area contributed by atoms with Crippen LogP contribution in [0, 0.1) is 0 Å². The van der Waals surface area contributed by atoms with Crippen molar-refractivity contribution < 1.29 is 4.74 Å². The zero-order valence-electron chi connectivity index (χ0n) is 10.6. The first-order valence-corrected chi connectivity index (χ1v) is 7.26. The molecular formula is C13H22N2OS. The molecule has 0 bridgehead atoms. The van der Waals surface area contributed by atoms with Gasteiger partial charge in [-0.1, -0.05) is 0 Å². The van der Waals surface area contributed by atoms with Crippen LogP contribution < -0.4 is 5.73 Å². The molecule has 0 spiro atoms. The monoisotopic (exact) mass is 254 g/mol. The summed E-state index contributed by atoms with van der Waals surface area (Å²) >= 11 is 1.74. The Morgan fingerprint density at radius 2 is 2.41 bits per heavy atom. The molecule has 4 heteroatoms. The number of rotatable bonds is 3. The molecular weight excluding hydrogens is 232 g/mol. The van der Waals surface area contributed by atoms with Gasteiger partial charge in [-0.25, -0.2) is 0 Å². The summed E-state index contributed by atoms with van der Waals surface area (Å²) in [6.45, 7) is 7.16. The fourth-order valence-corrected chi connectivity index (χ4v) is 3.26. The van der Waals surface area contributed by atoms with Gasteiger partial charge < -0.3 is 10.5 Å². The predicted octanol–water partition coefficient (Wildman–Crippen LogP) is 2.25. The summed E-state index contributed by atoms with van der Waals surface area (Å²) in [5, 5.41) is 4.34. The van der Waals surface area contributed by atoms with E-state index in [0.29, 0.717) is 12.1 Å². The molecule has 2 rings (SSSR count). The van der Waals surface area contributed by atoms with Crippen LogP contribution in [-0.2, 0) is 4.74 Å². The van der Waals surface area contributed by atoms with Gasteiger partial charge in [0.1, 0.15) is 0 Å². The van der Waals surface area contributed by atoms with E-state index in [0.717, 1.165) is 26.1 Å². The quantitative estimate of drug-likeness (QED) is 0.899. The van der Waals surface area contributed by atoms with Crippen molar-refractivity contribution in [1.82, 2.24) is 4.90 Å². The standard InChI is InChI=1S/C13H22N2OS/c1-10-8-15(5-3-6-16-10)13(11(2)14)12-4-7-17-9-12/h4,7,9-11,13H,3,5-6,8,14H2,1-2H3. The lowest BCUT2D eigenvalue weighted by Crippen LogP contribution is -2.42. The molecule has 1 aliphatic heterocycles. The van der Waals surface area contributed by atoms with E-state index < -0.39 is 0 Å². The van der Waals surface area contributed by atoms with Crippen LogP contribution in [0.3, 0.4) is 0 Å². The minimum absolute atomic E-state index is 0.148. The van der Waals surface area contributed by atoms with Crippen LogP contribution in [0.4, 0.5) is 0 Å². The highest BCUT2D eigenvalue weighted by Gasteiger charge is 2.27. The smallest absolute Gasteiger partial charge is 0.0674 e. The van der Waals surface area contributed by atoms with Crippen molar-refractivity contribution in [3.05, 3.63) is 22.4 Å². The molecule has 3 unspecified atom stereocenters. The highest BCUT2D eigenvalue weighted by molar-refractivity contribution is 7.07. The minimum atomic E-state index is 0.148. The molecule has 1 saturated heterocycles. The maximum atomic E-state index is 6.18. The molecule has 1 aromatic rings. The molecule has 1 fully saturated rings. The van der Waals surface area contributed by atoms with E-state index in [-0.39, 0.29) is 6.04 Å². The van der Waals surface area contributed by atoms with Gasteiger partial charge >= 0.3 is 0 Å². The maximum Gasteiger partial charge on any atom is 0.0674 e. The van der Waals surface area contributed by atoms with Crippen molar-refractivity contribution in [3.63, 3.8) is 0 Å². The van der Waals surface area contributed by atoms with Crippen LogP contribution in [0.1, 0.15) is 31.9 Å². The summed E-state index contributed by atoms with van der Waals surface area (Å²) in [6.07, 6.45) is 1.40. The van der Waals surface area contributed by atoms with Gasteiger partial charge in [0, 0.05) is 25.7 Å². The lowest BCUT2D eigenvalue weighted by molar-refractivity contribution is 0.0584. The van der Waals surface area contributed by atoms with Crippen LogP contribution in [0.15, 0.2) is 16.8 Å². The average molecular weight is 254 g/mol. The lowest BCUT2D eigenvalue weighted by atomic mass is 10.0. The molecule has 1 aromatic heterocycles. The highest BCUT2D eigenvalue weighted by Crippen LogP contribution is 2.27. The first kappa shape index (κ1) is 13.0. The zero-order valence-corrected chi connectivity index (χ0v) is 11.5. The maximum absolute atomic E-state index is 6.18. The normalized spacial score (nSPS) is 26.4. The van der Waals surface area contributed by atoms with Gasteiger partial charge in [0.15, 0.2) is 0 Å². The number of nitrogens with zero attached hydrogens (tertiary/aromatic N) is 1. The van der Waals surface area contributed by atoms with Crippen LogP contribution in [-0.4, -0.2) is 36.7 Å². The van der Waals surface area contributed by atoms with E-state index in [9.17, 15) is 0 Å². The molecule has 17 heavy (non-hydrogen) atoms. The number of nitrogens with two attached hydrogens (primary N) is 1. The molecule has 0 amide bonds. The second-order valence-electron chi connectivity index (χ2n) is 4.89. The minimum Gasteiger partial charge on any atom is -0.377 e. The Labute approximate surface area is 108 Å². The fourth-order valence-electron chi connectivity index (χ4n) is 2.57. The molecule has 0 aliphatic carbocycles. The summed E-state index contributed by atoms with van der Waals surface area (Å²) in [6, 6.07) is 2.66. The van der Waals surface area contributed by atoms with Gasteiger partial charge in [0.2, 0.25) is 0 Å². The molecule has 3 nitrogen and oxygen atoms in total. The number of thiophene rings is 1. The van der Waals surface area contributed by atoms with Crippen LogP contribution in [0.5, 0.6) is 0 Å². The van der Waals surface area contributed by atoms with Crippen molar-refractivity contribution in [2.24, 2.45) is 5.73 Å². The first-order chi connectivity index (χ1) is 8.18. The summed E-state index contributed by atoms with van der Waals surface area (Å²) < 4.78 is 5.70. The summed E-state index contributed by atoms with van der Waals surface area (Å²) in [5.41, 5.74) is 7.52. The third-order valence-corrected chi connectivity index (χ3v) is 3.96. The summed E-state index contributed by atoms with van der Waals surface area (Å²) in [7, 11) is 0. The largest absolute Gasteiger partial charge is 0.377 e. The van der Waals surface area contributed by atoms with Crippen molar-refractivity contribution in [1.29, 1.82) is 0 Å². The molecule has 0 radical (unpaired) electrons. The third kappa shape index (κ3) is 3.28. The Bertz CT molecular complexity index is 326. The fraction of sp³-hybridized carbons (Fsp3) is 0.692. The predicted molar refractivity (Wildman–Crippen MR) is 72.3 cm³/mol. The van der Waals surface area contributed by atoms with E-state index >= 15 is 0 Å². The van der Waals surface area contributed by atoms with E-state index in [1.807, 2.05) is 0 Å². The van der Waals surface area contributed by atoms with E-state index in [1.54, 1.807) is 11.3 Å². The molecule has 0 aromatic carbocycles. The number of hydrogen-bond acceptors (Lipinski definition) is 4. The summed E-state index contributed by atoms with van der Waals surface area (Å²) in [4.78, 5) is 2.48. The molecule has 96 valence electrons. The van der Waals surface area contributed by atoms with E-state index in [1.165, 1.54) is 5.56 Å². The van der Waals surface area contributed by atoms with Gasteiger partial charge in [0.25, 0.3) is 0 Å². The Kier molecular flexibility index (Phi) is 4.56. The third-order valence-electron chi connectivity index (χ3n) is 3.26. The van der Waals surface area contributed by atoms with Gasteiger partial charge in [-0.2, -0.15) is 11.3 Å². The Balaban J connectivity index is 2.15. The second-order valence-corrected chi connectivity index (χ2v) is 5.67. The Morgan fingerprint density at radius 1 is 1.59 bits per heavy atom. The number of hydrogen-bond donors (Lipinski definition) is 1. The average Bonchev–Trinajstić information content (AvgIpc) is 2.69. The molecule has 3 atom stereocenters. The summed E-state index contributed by atoms with van der Waals surface area (Å²) in [5.74, 6) is 0. The van der Waals surface area contributed by atoms with Gasteiger partial charge in [0.05, 0.1) is 12.1 Å². The van der Waals surface area contributed by atoms with Crippen molar-refractivity contribution in [2.45, 2.75) is 38.5 Å². The van der Waals surface area contributed by atoms with Crippen LogP contribution in [0.2, 0.25) is 0 Å². The van der Waals surface area contributed by atoms with Crippen molar-refractivity contribution in [2.75, 3.05) is 19.7 Å². The van der Waals surface area contributed by atoms with Gasteiger partial charge in [-0.05, 0) is 42.7 Å².